The van der Waals surface area contributed by atoms with Crippen molar-refractivity contribution in [2.75, 3.05) is 5.32 Å². The van der Waals surface area contributed by atoms with E-state index in [1.165, 1.54) is 118 Å². The summed E-state index contributed by atoms with van der Waals surface area (Å²) in [7, 11) is 2.54. The predicted octanol–water partition coefficient (Wildman–Crippen LogP) is 17.7. The molecule has 0 spiro atoms. The fourth-order valence-corrected chi connectivity index (χ4v) is 14.7. The first kappa shape index (κ1) is 42.5. The van der Waals surface area contributed by atoms with Crippen LogP contribution in [0.25, 0.3) is 101 Å². The van der Waals surface area contributed by atoms with Crippen molar-refractivity contribution in [1.82, 2.24) is 4.57 Å². The van der Waals surface area contributed by atoms with Crippen molar-refractivity contribution in [1.29, 1.82) is 0 Å². The van der Waals surface area contributed by atoms with Crippen molar-refractivity contribution in [2.45, 2.75) is 104 Å². The molecule has 1 N–H and O–H groups in total. The number of hydrogen-bond acceptors (Lipinski definition) is 4. The van der Waals surface area contributed by atoms with E-state index in [9.17, 15) is 0 Å². The molecule has 14 rings (SSSR count). The molecule has 8 aromatic carbocycles. The number of benzene rings is 8. The van der Waals surface area contributed by atoms with E-state index in [0.29, 0.717) is 0 Å². The van der Waals surface area contributed by atoms with Crippen LogP contribution in [0.15, 0.2) is 132 Å². The van der Waals surface area contributed by atoms with Crippen molar-refractivity contribution in [3.8, 4) is 16.8 Å². The van der Waals surface area contributed by atoms with Crippen LogP contribution in [-0.4, -0.2) is 11.8 Å². The van der Waals surface area contributed by atoms with Crippen molar-refractivity contribution < 1.29 is 4.42 Å². The summed E-state index contributed by atoms with van der Waals surface area (Å²) < 4.78 is 15.0. The Morgan fingerprint density at radius 2 is 1.21 bits per heavy atom. The van der Waals surface area contributed by atoms with E-state index < -0.39 is 0 Å². The molecule has 1 aliphatic carbocycles. The minimum Gasteiger partial charge on any atom is -0.456 e. The zero-order chi connectivity index (χ0) is 48.0. The second-order valence-electron chi connectivity index (χ2n) is 23.9. The lowest BCUT2D eigenvalue weighted by atomic mass is 9.58. The lowest BCUT2D eigenvalue weighted by Crippen LogP contribution is -2.37. The highest BCUT2D eigenvalue weighted by atomic mass is 32.1. The average molecular weight is 944 g/mol. The van der Waals surface area contributed by atoms with E-state index in [1.807, 2.05) is 22.7 Å². The van der Waals surface area contributed by atoms with Gasteiger partial charge in [-0.15, -0.1) is 22.7 Å². The number of anilines is 2. The van der Waals surface area contributed by atoms with E-state index in [0.717, 1.165) is 40.8 Å². The first-order chi connectivity index (χ1) is 33.4. The fourth-order valence-electron chi connectivity index (χ4n) is 12.3. The Morgan fingerprint density at radius 3 is 1.94 bits per heavy atom. The molecule has 1 aliphatic heterocycles. The summed E-state index contributed by atoms with van der Waals surface area (Å²) >= 11 is 3.84. The average Bonchev–Trinajstić information content (AvgIpc) is 4.08. The van der Waals surface area contributed by atoms with Gasteiger partial charge in [-0.25, -0.2) is 0 Å². The van der Waals surface area contributed by atoms with Gasteiger partial charge in [-0.2, -0.15) is 0 Å². The first-order valence-corrected chi connectivity index (χ1v) is 26.7. The minimum absolute atomic E-state index is 0.0171. The normalized spacial score (nSPS) is 15.5. The van der Waals surface area contributed by atoms with Gasteiger partial charge in [0.2, 0.25) is 0 Å². The van der Waals surface area contributed by atoms with Gasteiger partial charge in [0.1, 0.15) is 11.2 Å². The van der Waals surface area contributed by atoms with Crippen LogP contribution < -0.4 is 16.2 Å². The second kappa shape index (κ2) is 14.2. The fraction of sp³-hybridized carbons (Fsp3) is 0.250. The summed E-state index contributed by atoms with van der Waals surface area (Å²) in [6.45, 7) is 23.5. The molecule has 0 bridgehead atoms. The number of nitrogens with one attached hydrogen (secondary N) is 1. The maximum absolute atomic E-state index is 7.06. The molecule has 0 saturated carbocycles. The van der Waals surface area contributed by atoms with Crippen LogP contribution in [0.5, 0.6) is 0 Å². The topological polar surface area (TPSA) is 30.1 Å². The summed E-state index contributed by atoms with van der Waals surface area (Å²) in [5, 5.41) is 14.3. The molecule has 3 nitrogen and oxygen atoms in total. The Kier molecular flexibility index (Phi) is 8.61. The second-order valence-corrected chi connectivity index (χ2v) is 26.0. The highest BCUT2D eigenvalue weighted by Crippen LogP contribution is 2.52. The monoisotopic (exact) mass is 943 g/mol. The zero-order valence-corrected chi connectivity index (χ0v) is 43.4. The largest absolute Gasteiger partial charge is 0.456 e. The van der Waals surface area contributed by atoms with Gasteiger partial charge < -0.3 is 14.3 Å². The molecule has 1 radical (unpaired) electrons. The molecule has 0 atom stereocenters. The summed E-state index contributed by atoms with van der Waals surface area (Å²) in [5.74, 6) is 0. The third-order valence-corrected chi connectivity index (χ3v) is 18.7. The van der Waals surface area contributed by atoms with Gasteiger partial charge in [0, 0.05) is 79.5 Å². The Morgan fingerprint density at radius 1 is 0.571 bits per heavy atom. The van der Waals surface area contributed by atoms with E-state index in [-0.39, 0.29) is 21.7 Å². The van der Waals surface area contributed by atoms with Crippen LogP contribution in [0.3, 0.4) is 0 Å². The van der Waals surface area contributed by atoms with E-state index in [4.69, 9.17) is 4.42 Å². The SMILES string of the molecule is CC(C)(C)c1ccc(Nc2cc3oc4cc5c(cc4c3cc2-c2c3c4c(c6cc(C(C)(C)C)ccc6n4-c4cc6sc7ccccc7c6cc4[B]3)c3sc4ccccc4c23)C(C)(C)CCC5(C)C)cc1. The van der Waals surface area contributed by atoms with Gasteiger partial charge in [0.25, 0.3) is 0 Å². The van der Waals surface area contributed by atoms with Gasteiger partial charge in [-0.05, 0) is 134 Å². The van der Waals surface area contributed by atoms with E-state index >= 15 is 0 Å². The quantitative estimate of drug-likeness (QED) is 0.179. The molecule has 0 unspecified atom stereocenters. The molecule has 12 aromatic rings. The van der Waals surface area contributed by atoms with Gasteiger partial charge in [0.15, 0.2) is 7.28 Å². The maximum atomic E-state index is 7.06. The highest BCUT2D eigenvalue weighted by Gasteiger charge is 2.38. The Hall–Kier alpha value is -6.34. The number of nitrogens with zero attached hydrogens (tertiary/aromatic N) is 1. The van der Waals surface area contributed by atoms with Gasteiger partial charge in [0.05, 0.1) is 16.7 Å². The van der Waals surface area contributed by atoms with Crippen molar-refractivity contribution in [2.24, 2.45) is 0 Å². The first-order valence-electron chi connectivity index (χ1n) is 25.1. The molecular weight excluding hydrogens is 888 g/mol. The Bertz CT molecular complexity index is 4250. The molecule has 2 aliphatic rings. The van der Waals surface area contributed by atoms with Crippen LogP contribution in [0.2, 0.25) is 0 Å². The smallest absolute Gasteiger partial charge is 0.197 e. The number of aromatic nitrogens is 1. The van der Waals surface area contributed by atoms with Crippen molar-refractivity contribution >= 4 is 136 Å². The predicted molar refractivity (Wildman–Crippen MR) is 307 cm³/mol. The van der Waals surface area contributed by atoms with Gasteiger partial charge in [-0.3, -0.25) is 0 Å². The third kappa shape index (κ3) is 6.05. The van der Waals surface area contributed by atoms with Crippen LogP contribution in [0.1, 0.15) is 104 Å². The van der Waals surface area contributed by atoms with Crippen LogP contribution in [0, 0.1) is 0 Å². The number of hydrogen-bond donors (Lipinski definition) is 1. The van der Waals surface area contributed by atoms with E-state index in [2.05, 4.69) is 214 Å². The standard InChI is InChI=1S/C64H56BN2OS2/c1-61(2,3)34-19-22-36(23-20-34)66-47-32-51-39(40-29-44-45(31-50(40)68-51)64(9,10)26-25-63(44,7)8)28-42(47)55-56-38-16-12-14-18-53(38)70-60(56)57-43-27-35(62(4,5)6)21-24-48(43)67-49-33-54-41(30-46(49)65-58(55)59(57)67)37-15-11-13-17-52(37)69-54/h11-24,27-33,66H,25-26H2,1-10H3. The summed E-state index contributed by atoms with van der Waals surface area (Å²) in [6, 6.07) is 48.9. The number of rotatable bonds is 3. The highest BCUT2D eigenvalue weighted by molar-refractivity contribution is 7.27. The molecule has 0 fully saturated rings. The summed E-state index contributed by atoms with van der Waals surface area (Å²) in [4.78, 5) is 0. The molecule has 6 heteroatoms. The number of fused-ring (bicyclic) bond motifs is 16. The van der Waals surface area contributed by atoms with Crippen LogP contribution in [-0.2, 0) is 21.7 Å². The van der Waals surface area contributed by atoms with Crippen molar-refractivity contribution in [3.63, 3.8) is 0 Å². The molecule has 70 heavy (non-hydrogen) atoms. The van der Waals surface area contributed by atoms with Crippen LogP contribution in [0.4, 0.5) is 11.4 Å². The molecular formula is C64H56BN2OS2. The molecule has 4 aromatic heterocycles. The lowest BCUT2D eigenvalue weighted by Gasteiger charge is -2.41. The van der Waals surface area contributed by atoms with Gasteiger partial charge in [-0.1, -0.05) is 135 Å². The maximum Gasteiger partial charge on any atom is 0.197 e. The Balaban J connectivity index is 1.15. The number of thiophene rings is 2. The van der Waals surface area contributed by atoms with E-state index in [1.54, 1.807) is 0 Å². The number of furan rings is 1. The van der Waals surface area contributed by atoms with Crippen molar-refractivity contribution in [3.05, 3.63) is 150 Å². The van der Waals surface area contributed by atoms with Crippen LogP contribution >= 0.6 is 22.7 Å². The molecule has 5 heterocycles. The lowest BCUT2D eigenvalue weighted by molar-refractivity contribution is 0.332. The zero-order valence-electron chi connectivity index (χ0n) is 41.8. The molecule has 0 saturated heterocycles. The molecule has 0 amide bonds. The summed E-state index contributed by atoms with van der Waals surface area (Å²) in [5.41, 5.74) is 18.3. The molecule has 343 valence electrons. The Labute approximate surface area is 418 Å². The third-order valence-electron chi connectivity index (χ3n) is 16.4. The van der Waals surface area contributed by atoms with Gasteiger partial charge >= 0.3 is 0 Å². The summed E-state index contributed by atoms with van der Waals surface area (Å²) in [6.07, 6.45) is 2.31. The minimum atomic E-state index is -0.0171.